The van der Waals surface area contributed by atoms with Crippen molar-refractivity contribution in [2.75, 3.05) is 13.1 Å². The number of hydrogen-bond donors (Lipinski definition) is 1. The third-order valence-corrected chi connectivity index (χ3v) is 4.13. The minimum Gasteiger partial charge on any atom is -0.317 e. The van der Waals surface area contributed by atoms with E-state index in [4.69, 9.17) is 0 Å². The van der Waals surface area contributed by atoms with Crippen LogP contribution >= 0.6 is 0 Å². The minimum atomic E-state index is 0.744. The normalized spacial score (nSPS) is 22.9. The second kappa shape index (κ2) is 5.07. The first-order valence-corrected chi connectivity index (χ1v) is 6.94. The van der Waals surface area contributed by atoms with Gasteiger partial charge in [0.25, 0.3) is 0 Å². The standard InChI is InChI=1S/C16H20N2/c1-2-17-11-14-5-7-15(14)12-6-8-16-13(10-12)4-3-9-18-16/h3-4,6,8-10,14-15,17H,2,5,7,11H2,1H3. The molecule has 2 aromatic rings. The Labute approximate surface area is 108 Å². The van der Waals surface area contributed by atoms with Gasteiger partial charge in [0, 0.05) is 11.6 Å². The van der Waals surface area contributed by atoms with Crippen molar-refractivity contribution >= 4 is 10.9 Å². The third kappa shape index (κ3) is 2.13. The molecule has 1 aromatic heterocycles. The molecule has 1 N–H and O–H groups in total. The summed E-state index contributed by atoms with van der Waals surface area (Å²) in [4.78, 5) is 4.38. The van der Waals surface area contributed by atoms with Crippen molar-refractivity contribution < 1.29 is 0 Å². The number of nitrogens with zero attached hydrogens (tertiary/aromatic N) is 1. The van der Waals surface area contributed by atoms with Gasteiger partial charge in [0.1, 0.15) is 0 Å². The van der Waals surface area contributed by atoms with E-state index in [1.54, 1.807) is 0 Å². The molecule has 1 aliphatic rings. The Morgan fingerprint density at radius 2 is 2.22 bits per heavy atom. The van der Waals surface area contributed by atoms with Crippen molar-refractivity contribution in [1.82, 2.24) is 10.3 Å². The quantitative estimate of drug-likeness (QED) is 0.886. The van der Waals surface area contributed by atoms with Crippen LogP contribution in [0.2, 0.25) is 0 Å². The lowest BCUT2D eigenvalue weighted by Gasteiger charge is -2.37. The summed E-state index contributed by atoms with van der Waals surface area (Å²) >= 11 is 0. The lowest BCUT2D eigenvalue weighted by atomic mass is 9.70. The zero-order valence-corrected chi connectivity index (χ0v) is 10.9. The van der Waals surface area contributed by atoms with Gasteiger partial charge in [0.2, 0.25) is 0 Å². The smallest absolute Gasteiger partial charge is 0.0702 e. The van der Waals surface area contributed by atoms with Crippen molar-refractivity contribution in [1.29, 1.82) is 0 Å². The van der Waals surface area contributed by atoms with Gasteiger partial charge in [0.05, 0.1) is 5.52 Å². The molecule has 1 saturated carbocycles. The Morgan fingerprint density at radius 1 is 1.28 bits per heavy atom. The maximum absolute atomic E-state index is 4.38. The molecular formula is C16H20N2. The topological polar surface area (TPSA) is 24.9 Å². The number of pyridine rings is 1. The SMILES string of the molecule is CCNCC1CCC1c1ccc2ncccc2c1. The van der Waals surface area contributed by atoms with E-state index in [0.29, 0.717) is 0 Å². The minimum absolute atomic E-state index is 0.744. The van der Waals surface area contributed by atoms with Crippen LogP contribution in [0.25, 0.3) is 10.9 Å². The highest BCUT2D eigenvalue weighted by Crippen LogP contribution is 2.42. The van der Waals surface area contributed by atoms with Crippen LogP contribution in [0.5, 0.6) is 0 Å². The van der Waals surface area contributed by atoms with E-state index in [1.165, 1.54) is 23.8 Å². The van der Waals surface area contributed by atoms with E-state index in [9.17, 15) is 0 Å². The molecule has 94 valence electrons. The summed E-state index contributed by atoms with van der Waals surface area (Å²) in [6, 6.07) is 10.9. The number of rotatable bonds is 4. The number of aromatic nitrogens is 1. The monoisotopic (exact) mass is 240 g/mol. The molecule has 2 nitrogen and oxygen atoms in total. The van der Waals surface area contributed by atoms with Crippen molar-refractivity contribution in [2.45, 2.75) is 25.7 Å². The maximum Gasteiger partial charge on any atom is 0.0702 e. The molecule has 1 fully saturated rings. The van der Waals surface area contributed by atoms with Crippen LogP contribution in [0.4, 0.5) is 0 Å². The van der Waals surface area contributed by atoms with E-state index >= 15 is 0 Å². The predicted molar refractivity (Wildman–Crippen MR) is 75.8 cm³/mol. The predicted octanol–water partition coefficient (Wildman–Crippen LogP) is 3.34. The first kappa shape index (κ1) is 11.7. The zero-order valence-electron chi connectivity index (χ0n) is 10.9. The maximum atomic E-state index is 4.38. The van der Waals surface area contributed by atoms with Crippen LogP contribution < -0.4 is 5.32 Å². The Balaban J connectivity index is 1.81. The number of nitrogens with one attached hydrogen (secondary N) is 1. The van der Waals surface area contributed by atoms with Crippen LogP contribution in [-0.2, 0) is 0 Å². The van der Waals surface area contributed by atoms with E-state index in [1.807, 2.05) is 12.3 Å². The average Bonchev–Trinajstić information content (AvgIpc) is 2.38. The first-order chi connectivity index (χ1) is 8.88. The van der Waals surface area contributed by atoms with Crippen LogP contribution in [0, 0.1) is 5.92 Å². The molecule has 1 aliphatic carbocycles. The van der Waals surface area contributed by atoms with Crippen LogP contribution in [0.15, 0.2) is 36.5 Å². The van der Waals surface area contributed by atoms with Gasteiger partial charge < -0.3 is 5.32 Å². The highest BCUT2D eigenvalue weighted by atomic mass is 14.9. The number of fused-ring (bicyclic) bond motifs is 1. The molecule has 1 aromatic carbocycles. The van der Waals surface area contributed by atoms with Crippen molar-refractivity contribution in [3.8, 4) is 0 Å². The van der Waals surface area contributed by atoms with E-state index < -0.39 is 0 Å². The second-order valence-electron chi connectivity index (χ2n) is 5.21. The highest BCUT2D eigenvalue weighted by molar-refractivity contribution is 5.79. The molecule has 0 amide bonds. The Hall–Kier alpha value is -1.41. The molecule has 2 atom stereocenters. The summed E-state index contributed by atoms with van der Waals surface area (Å²) in [5.41, 5.74) is 2.59. The van der Waals surface area contributed by atoms with E-state index in [-0.39, 0.29) is 0 Å². The largest absolute Gasteiger partial charge is 0.317 e. The molecule has 0 saturated heterocycles. The number of hydrogen-bond acceptors (Lipinski definition) is 2. The Morgan fingerprint density at radius 3 is 3.00 bits per heavy atom. The van der Waals surface area contributed by atoms with Gasteiger partial charge in [-0.25, -0.2) is 0 Å². The van der Waals surface area contributed by atoms with Crippen molar-refractivity contribution in [3.05, 3.63) is 42.1 Å². The van der Waals surface area contributed by atoms with Gasteiger partial charge in [-0.2, -0.15) is 0 Å². The molecular weight excluding hydrogens is 220 g/mol. The molecule has 3 rings (SSSR count). The molecule has 0 radical (unpaired) electrons. The molecule has 1 heterocycles. The van der Waals surface area contributed by atoms with Gasteiger partial charge in [0.15, 0.2) is 0 Å². The summed E-state index contributed by atoms with van der Waals surface area (Å²) in [6.45, 7) is 4.41. The lowest BCUT2D eigenvalue weighted by molar-refractivity contribution is 0.247. The molecule has 18 heavy (non-hydrogen) atoms. The number of benzene rings is 1. The highest BCUT2D eigenvalue weighted by Gasteiger charge is 2.31. The fourth-order valence-corrected chi connectivity index (χ4v) is 2.91. The molecule has 0 spiro atoms. The fourth-order valence-electron chi connectivity index (χ4n) is 2.91. The Kier molecular flexibility index (Phi) is 3.28. The van der Waals surface area contributed by atoms with Crippen molar-refractivity contribution in [3.63, 3.8) is 0 Å². The molecule has 0 bridgehead atoms. The lowest BCUT2D eigenvalue weighted by Crippen LogP contribution is -2.33. The summed E-state index contributed by atoms with van der Waals surface area (Å²) in [6.07, 6.45) is 4.56. The molecule has 2 unspecified atom stereocenters. The molecule has 2 heteroatoms. The van der Waals surface area contributed by atoms with Crippen LogP contribution in [0.1, 0.15) is 31.2 Å². The summed E-state index contributed by atoms with van der Waals surface area (Å²) in [5.74, 6) is 1.56. The van der Waals surface area contributed by atoms with Crippen molar-refractivity contribution in [2.24, 2.45) is 5.92 Å². The van der Waals surface area contributed by atoms with Gasteiger partial charge >= 0.3 is 0 Å². The van der Waals surface area contributed by atoms with E-state index in [2.05, 4.69) is 41.5 Å². The van der Waals surface area contributed by atoms with Crippen LogP contribution in [0.3, 0.4) is 0 Å². The fraction of sp³-hybridized carbons (Fsp3) is 0.438. The van der Waals surface area contributed by atoms with Gasteiger partial charge in [-0.1, -0.05) is 19.1 Å². The Bertz CT molecular complexity index is 535. The average molecular weight is 240 g/mol. The van der Waals surface area contributed by atoms with Crippen LogP contribution in [-0.4, -0.2) is 18.1 Å². The third-order valence-electron chi connectivity index (χ3n) is 4.13. The summed E-state index contributed by atoms with van der Waals surface area (Å²) in [7, 11) is 0. The van der Waals surface area contributed by atoms with Gasteiger partial charge in [-0.05, 0) is 61.5 Å². The second-order valence-corrected chi connectivity index (χ2v) is 5.21. The molecule has 0 aliphatic heterocycles. The summed E-state index contributed by atoms with van der Waals surface area (Å²) in [5, 5.41) is 4.74. The van der Waals surface area contributed by atoms with Gasteiger partial charge in [-0.15, -0.1) is 0 Å². The first-order valence-electron chi connectivity index (χ1n) is 6.94. The zero-order chi connectivity index (χ0) is 12.4. The van der Waals surface area contributed by atoms with E-state index in [0.717, 1.165) is 30.4 Å². The summed E-state index contributed by atoms with van der Waals surface area (Å²) < 4.78 is 0. The van der Waals surface area contributed by atoms with Gasteiger partial charge in [-0.3, -0.25) is 4.98 Å².